The first kappa shape index (κ1) is 14.5. The molecule has 0 N–H and O–H groups in total. The molecule has 2 aromatic rings. The second-order valence-corrected chi connectivity index (χ2v) is 5.57. The minimum absolute atomic E-state index is 0.423. The Bertz CT molecular complexity index is 552. The molecule has 0 aliphatic rings. The van der Waals surface area contributed by atoms with Crippen LogP contribution < -0.4 is 9.84 Å². The van der Waals surface area contributed by atoms with E-state index in [1.165, 1.54) is 11.8 Å². The van der Waals surface area contributed by atoms with Crippen LogP contribution in [-0.4, -0.2) is 18.3 Å². The van der Waals surface area contributed by atoms with Crippen molar-refractivity contribution in [1.82, 2.24) is 0 Å². The second kappa shape index (κ2) is 7.01. The molecule has 1 unspecified atom stereocenters. The van der Waals surface area contributed by atoms with Crippen molar-refractivity contribution in [3.63, 3.8) is 0 Å². The van der Waals surface area contributed by atoms with Crippen LogP contribution in [0.15, 0.2) is 59.5 Å². The van der Waals surface area contributed by atoms with Gasteiger partial charge in [0.2, 0.25) is 0 Å². The van der Waals surface area contributed by atoms with Crippen molar-refractivity contribution < 1.29 is 14.6 Å². The summed E-state index contributed by atoms with van der Waals surface area (Å²) in [4.78, 5) is 12.2. The molecule has 0 spiro atoms. The molecule has 2 aromatic carbocycles. The van der Waals surface area contributed by atoms with Gasteiger partial charge in [0.25, 0.3) is 0 Å². The molecule has 104 valence electrons. The van der Waals surface area contributed by atoms with Crippen LogP contribution in [0.25, 0.3) is 0 Å². The van der Waals surface area contributed by atoms with Gasteiger partial charge in [0.05, 0.1) is 18.3 Å². The van der Waals surface area contributed by atoms with Crippen LogP contribution in [0.1, 0.15) is 5.56 Å². The predicted molar refractivity (Wildman–Crippen MR) is 77.8 cm³/mol. The van der Waals surface area contributed by atoms with Gasteiger partial charge in [-0.15, -0.1) is 11.8 Å². The van der Waals surface area contributed by atoms with Gasteiger partial charge >= 0.3 is 0 Å². The zero-order valence-electron chi connectivity index (χ0n) is 11.1. The molecule has 0 fully saturated rings. The smallest absolute Gasteiger partial charge is 0.118 e. The molecule has 1 atom stereocenters. The minimum Gasteiger partial charge on any atom is -0.549 e. The number of aliphatic carboxylic acids is 1. The van der Waals surface area contributed by atoms with E-state index in [1.54, 1.807) is 7.11 Å². The Kier molecular flexibility index (Phi) is 5.07. The van der Waals surface area contributed by atoms with Gasteiger partial charge in [0.15, 0.2) is 0 Å². The summed E-state index contributed by atoms with van der Waals surface area (Å²) >= 11 is 1.31. The molecule has 0 heterocycles. The van der Waals surface area contributed by atoms with Crippen LogP contribution >= 0.6 is 11.8 Å². The van der Waals surface area contributed by atoms with E-state index >= 15 is 0 Å². The van der Waals surface area contributed by atoms with Crippen LogP contribution in [0.3, 0.4) is 0 Å². The number of thioether (sulfide) groups is 1. The molecule has 2 rings (SSSR count). The van der Waals surface area contributed by atoms with Crippen molar-refractivity contribution in [3.05, 3.63) is 60.2 Å². The number of rotatable bonds is 6. The van der Waals surface area contributed by atoms with Crippen molar-refractivity contribution in [3.8, 4) is 5.75 Å². The number of carboxylic acids is 1. The highest BCUT2D eigenvalue weighted by molar-refractivity contribution is 8.00. The molecule has 0 saturated heterocycles. The lowest BCUT2D eigenvalue weighted by Gasteiger charge is -2.17. The summed E-state index contributed by atoms with van der Waals surface area (Å²) < 4.78 is 5.08. The number of benzene rings is 2. The highest BCUT2D eigenvalue weighted by Gasteiger charge is 2.12. The molecule has 0 saturated carbocycles. The zero-order valence-corrected chi connectivity index (χ0v) is 11.9. The molecular weight excluding hydrogens is 272 g/mol. The normalized spacial score (nSPS) is 11.8. The number of carboxylic acid groups (broad SMARTS) is 1. The van der Waals surface area contributed by atoms with E-state index < -0.39 is 11.2 Å². The topological polar surface area (TPSA) is 49.4 Å². The Balaban J connectivity index is 2.07. The molecule has 0 bridgehead atoms. The summed E-state index contributed by atoms with van der Waals surface area (Å²) in [6.07, 6.45) is 0.423. The largest absolute Gasteiger partial charge is 0.549 e. The second-order valence-electron chi connectivity index (χ2n) is 4.29. The van der Waals surface area contributed by atoms with E-state index in [4.69, 9.17) is 4.74 Å². The molecule has 0 aliphatic heterocycles. The standard InChI is InChI=1S/C16H16O3S/c1-19-13-9-7-12(8-10-13)11-15(16(17)18)20-14-5-3-2-4-6-14/h2-10,15H,11H2,1H3,(H,17,18)/p-1. The van der Waals surface area contributed by atoms with Crippen molar-refractivity contribution in [1.29, 1.82) is 0 Å². The van der Waals surface area contributed by atoms with Gasteiger partial charge in [0.1, 0.15) is 5.75 Å². The first-order chi connectivity index (χ1) is 9.69. The lowest BCUT2D eigenvalue weighted by molar-refractivity contribution is -0.304. The third-order valence-corrected chi connectivity index (χ3v) is 4.05. The van der Waals surface area contributed by atoms with E-state index in [1.807, 2.05) is 54.6 Å². The fourth-order valence-electron chi connectivity index (χ4n) is 1.81. The molecule has 3 nitrogen and oxygen atoms in total. The Morgan fingerprint density at radius 3 is 2.35 bits per heavy atom. The lowest BCUT2D eigenvalue weighted by Crippen LogP contribution is -2.34. The fourth-order valence-corrected chi connectivity index (χ4v) is 2.83. The van der Waals surface area contributed by atoms with Crippen LogP contribution in [0.5, 0.6) is 5.75 Å². The maximum atomic E-state index is 11.3. The first-order valence-corrected chi connectivity index (χ1v) is 7.12. The van der Waals surface area contributed by atoms with Gasteiger partial charge in [-0.25, -0.2) is 0 Å². The summed E-state index contributed by atoms with van der Waals surface area (Å²) in [6.45, 7) is 0. The third kappa shape index (κ3) is 4.03. The molecule has 0 aliphatic carbocycles. The number of methoxy groups -OCH3 is 1. The highest BCUT2D eigenvalue weighted by atomic mass is 32.2. The van der Waals surface area contributed by atoms with Gasteiger partial charge in [-0.3, -0.25) is 0 Å². The quantitative estimate of drug-likeness (QED) is 0.764. The molecule has 0 aromatic heterocycles. The van der Waals surface area contributed by atoms with Crippen LogP contribution in [-0.2, 0) is 11.2 Å². The van der Waals surface area contributed by atoms with Gasteiger partial charge in [-0.1, -0.05) is 30.3 Å². The van der Waals surface area contributed by atoms with Gasteiger partial charge in [0, 0.05) is 4.90 Å². The summed E-state index contributed by atoms with van der Waals surface area (Å²) in [6, 6.07) is 16.9. The summed E-state index contributed by atoms with van der Waals surface area (Å²) in [5, 5.41) is 10.7. The monoisotopic (exact) mass is 287 g/mol. The number of ether oxygens (including phenoxy) is 1. The van der Waals surface area contributed by atoms with Crippen molar-refractivity contribution >= 4 is 17.7 Å². The molecule has 0 radical (unpaired) electrons. The Labute approximate surface area is 122 Å². The van der Waals surface area contributed by atoms with E-state index in [9.17, 15) is 9.90 Å². The fraction of sp³-hybridized carbons (Fsp3) is 0.188. The molecular formula is C16H15O3S-. The minimum atomic E-state index is -1.05. The number of hydrogen-bond donors (Lipinski definition) is 0. The maximum absolute atomic E-state index is 11.3. The van der Waals surface area contributed by atoms with E-state index in [0.717, 1.165) is 16.2 Å². The molecule has 20 heavy (non-hydrogen) atoms. The zero-order chi connectivity index (χ0) is 14.4. The lowest BCUT2D eigenvalue weighted by atomic mass is 10.1. The van der Waals surface area contributed by atoms with Crippen molar-refractivity contribution in [2.75, 3.05) is 7.11 Å². The Hall–Kier alpha value is -1.94. The SMILES string of the molecule is COc1ccc(CC(Sc2ccccc2)C(=O)[O-])cc1. The van der Waals surface area contributed by atoms with Crippen molar-refractivity contribution in [2.45, 2.75) is 16.6 Å². The summed E-state index contributed by atoms with van der Waals surface area (Å²) in [5.74, 6) is -0.288. The van der Waals surface area contributed by atoms with Gasteiger partial charge in [-0.2, -0.15) is 0 Å². The van der Waals surface area contributed by atoms with Crippen LogP contribution in [0, 0.1) is 0 Å². The average Bonchev–Trinajstić information content (AvgIpc) is 2.48. The van der Waals surface area contributed by atoms with E-state index in [0.29, 0.717) is 6.42 Å². The maximum Gasteiger partial charge on any atom is 0.118 e. The Morgan fingerprint density at radius 1 is 1.15 bits per heavy atom. The molecule has 0 amide bonds. The molecule has 4 heteroatoms. The number of carbonyl (C=O) groups excluding carboxylic acids is 1. The van der Waals surface area contributed by atoms with Gasteiger partial charge < -0.3 is 14.6 Å². The summed E-state index contributed by atoms with van der Waals surface area (Å²) in [5.41, 5.74) is 0.948. The van der Waals surface area contributed by atoms with E-state index in [-0.39, 0.29) is 0 Å². The Morgan fingerprint density at radius 2 is 1.80 bits per heavy atom. The number of hydrogen-bond acceptors (Lipinski definition) is 4. The van der Waals surface area contributed by atoms with Gasteiger partial charge in [-0.05, 0) is 36.2 Å². The third-order valence-electron chi connectivity index (χ3n) is 2.86. The predicted octanol–water partition coefficient (Wildman–Crippen LogP) is 2.15. The van der Waals surface area contributed by atoms with Crippen LogP contribution in [0.4, 0.5) is 0 Å². The van der Waals surface area contributed by atoms with Crippen molar-refractivity contribution in [2.24, 2.45) is 0 Å². The highest BCUT2D eigenvalue weighted by Crippen LogP contribution is 2.26. The number of carbonyl (C=O) groups is 1. The average molecular weight is 287 g/mol. The first-order valence-electron chi connectivity index (χ1n) is 6.24. The van der Waals surface area contributed by atoms with Crippen LogP contribution in [0.2, 0.25) is 0 Å². The summed E-state index contributed by atoms with van der Waals surface area (Å²) in [7, 11) is 1.60. The van der Waals surface area contributed by atoms with E-state index in [2.05, 4.69) is 0 Å².